The van der Waals surface area contributed by atoms with Crippen LogP contribution in [0, 0.1) is 23.0 Å². The van der Waals surface area contributed by atoms with Gasteiger partial charge in [0, 0.05) is 23.4 Å². The Morgan fingerprint density at radius 1 is 1.11 bits per heavy atom. The Kier molecular flexibility index (Phi) is 6.65. The quantitative estimate of drug-likeness (QED) is 0.574. The van der Waals surface area contributed by atoms with E-state index in [9.17, 15) is 19.7 Å². The van der Waals surface area contributed by atoms with Gasteiger partial charge in [0.1, 0.15) is 6.04 Å². The lowest BCUT2D eigenvalue weighted by molar-refractivity contribution is -0.384. The summed E-state index contributed by atoms with van der Waals surface area (Å²) in [4.78, 5) is 35.6. The Hall–Kier alpha value is -3.22. The van der Waals surface area contributed by atoms with E-state index < -0.39 is 16.9 Å². The minimum Gasteiger partial charge on any atom is -0.340 e. The van der Waals surface area contributed by atoms with Crippen molar-refractivity contribution in [2.45, 2.75) is 33.2 Å². The molecule has 0 fully saturated rings. The standard InChI is InChI=1S/C20H23N3O4/c1-13(2)11-18(22-19(24)17-10-5-4-7-14(17)3)20(25)21-15-8-6-9-16(12-15)23(26)27/h4-10,12-13,18H,11H2,1-3H3,(H,21,25)(H,22,24). The average molecular weight is 369 g/mol. The van der Waals surface area contributed by atoms with E-state index in [1.807, 2.05) is 32.9 Å². The van der Waals surface area contributed by atoms with Gasteiger partial charge in [-0.15, -0.1) is 0 Å². The van der Waals surface area contributed by atoms with Gasteiger partial charge in [-0.2, -0.15) is 0 Å². The summed E-state index contributed by atoms with van der Waals surface area (Å²) in [6, 6.07) is 12.1. The van der Waals surface area contributed by atoms with Gasteiger partial charge >= 0.3 is 0 Å². The lowest BCUT2D eigenvalue weighted by Gasteiger charge is -2.20. The van der Waals surface area contributed by atoms with Crippen molar-refractivity contribution in [2.24, 2.45) is 5.92 Å². The van der Waals surface area contributed by atoms with E-state index in [0.717, 1.165) is 5.56 Å². The van der Waals surface area contributed by atoms with Crippen molar-refractivity contribution in [2.75, 3.05) is 5.32 Å². The zero-order chi connectivity index (χ0) is 20.0. The summed E-state index contributed by atoms with van der Waals surface area (Å²) >= 11 is 0. The third-order valence-electron chi connectivity index (χ3n) is 4.04. The number of nitro groups is 1. The van der Waals surface area contributed by atoms with E-state index in [1.165, 1.54) is 18.2 Å². The summed E-state index contributed by atoms with van der Waals surface area (Å²) in [7, 11) is 0. The van der Waals surface area contributed by atoms with Gasteiger partial charge in [0.2, 0.25) is 5.91 Å². The number of nitro benzene ring substituents is 1. The van der Waals surface area contributed by atoms with E-state index >= 15 is 0 Å². The van der Waals surface area contributed by atoms with Gasteiger partial charge in [-0.05, 0) is 37.0 Å². The zero-order valence-corrected chi connectivity index (χ0v) is 15.6. The van der Waals surface area contributed by atoms with Crippen molar-refractivity contribution in [3.05, 3.63) is 69.8 Å². The number of non-ortho nitro benzene ring substituents is 1. The first kappa shape index (κ1) is 20.1. The molecule has 0 saturated carbocycles. The van der Waals surface area contributed by atoms with Gasteiger partial charge in [-0.1, -0.05) is 38.1 Å². The first-order valence-electron chi connectivity index (χ1n) is 8.69. The maximum atomic E-state index is 12.7. The molecule has 1 unspecified atom stereocenters. The molecule has 0 aromatic heterocycles. The number of hydrogen-bond acceptors (Lipinski definition) is 4. The minimum atomic E-state index is -0.753. The van der Waals surface area contributed by atoms with Crippen LogP contribution >= 0.6 is 0 Å². The number of rotatable bonds is 7. The fraction of sp³-hybridized carbons (Fsp3) is 0.300. The second-order valence-electron chi connectivity index (χ2n) is 6.77. The summed E-state index contributed by atoms with van der Waals surface area (Å²) < 4.78 is 0. The van der Waals surface area contributed by atoms with Crippen LogP contribution in [-0.2, 0) is 4.79 Å². The lowest BCUT2D eigenvalue weighted by Crippen LogP contribution is -2.44. The molecule has 0 saturated heterocycles. The first-order valence-corrected chi connectivity index (χ1v) is 8.69. The predicted octanol–water partition coefficient (Wildman–Crippen LogP) is 3.69. The molecule has 2 rings (SSSR count). The number of hydrogen-bond donors (Lipinski definition) is 2. The smallest absolute Gasteiger partial charge is 0.271 e. The molecule has 2 aromatic carbocycles. The molecule has 27 heavy (non-hydrogen) atoms. The van der Waals surface area contributed by atoms with E-state index in [1.54, 1.807) is 18.2 Å². The summed E-state index contributed by atoms with van der Waals surface area (Å²) in [6.07, 6.45) is 0.443. The lowest BCUT2D eigenvalue weighted by atomic mass is 10.0. The van der Waals surface area contributed by atoms with Crippen LogP contribution < -0.4 is 10.6 Å². The van der Waals surface area contributed by atoms with Crippen LogP contribution in [0.15, 0.2) is 48.5 Å². The molecular weight excluding hydrogens is 346 g/mol. The number of anilines is 1. The average Bonchev–Trinajstić information content (AvgIpc) is 2.61. The molecular formula is C20H23N3O4. The molecule has 2 amide bonds. The highest BCUT2D eigenvalue weighted by Crippen LogP contribution is 2.18. The summed E-state index contributed by atoms with van der Waals surface area (Å²) in [5.41, 5.74) is 1.53. The van der Waals surface area contributed by atoms with Gasteiger partial charge in [-0.3, -0.25) is 19.7 Å². The van der Waals surface area contributed by atoms with Crippen LogP contribution in [0.3, 0.4) is 0 Å². The van der Waals surface area contributed by atoms with Crippen molar-refractivity contribution < 1.29 is 14.5 Å². The Bertz CT molecular complexity index is 849. The van der Waals surface area contributed by atoms with E-state index in [2.05, 4.69) is 10.6 Å². The molecule has 0 radical (unpaired) electrons. The van der Waals surface area contributed by atoms with Gasteiger partial charge in [-0.25, -0.2) is 0 Å². The molecule has 2 N–H and O–H groups in total. The van der Waals surface area contributed by atoms with Crippen molar-refractivity contribution in [3.63, 3.8) is 0 Å². The number of aryl methyl sites for hydroxylation is 1. The molecule has 0 bridgehead atoms. The molecule has 142 valence electrons. The number of nitrogens with zero attached hydrogens (tertiary/aromatic N) is 1. The van der Waals surface area contributed by atoms with Crippen LogP contribution in [0.4, 0.5) is 11.4 Å². The fourth-order valence-corrected chi connectivity index (χ4v) is 2.69. The number of nitrogens with one attached hydrogen (secondary N) is 2. The van der Waals surface area contributed by atoms with Crippen LogP contribution in [0.1, 0.15) is 36.2 Å². The third-order valence-corrected chi connectivity index (χ3v) is 4.04. The molecule has 2 aromatic rings. The van der Waals surface area contributed by atoms with Crippen LogP contribution in [0.25, 0.3) is 0 Å². The largest absolute Gasteiger partial charge is 0.340 e. The van der Waals surface area contributed by atoms with Crippen molar-refractivity contribution in [1.29, 1.82) is 0 Å². The monoisotopic (exact) mass is 369 g/mol. The van der Waals surface area contributed by atoms with Gasteiger partial charge in [0.25, 0.3) is 11.6 Å². The molecule has 0 heterocycles. The van der Waals surface area contributed by atoms with Gasteiger partial charge in [0.15, 0.2) is 0 Å². The highest BCUT2D eigenvalue weighted by Gasteiger charge is 2.23. The molecule has 1 atom stereocenters. The first-order chi connectivity index (χ1) is 12.8. The van der Waals surface area contributed by atoms with Crippen LogP contribution in [-0.4, -0.2) is 22.8 Å². The topological polar surface area (TPSA) is 101 Å². The minimum absolute atomic E-state index is 0.114. The van der Waals surface area contributed by atoms with Crippen LogP contribution in [0.5, 0.6) is 0 Å². The molecule has 7 heteroatoms. The number of carbonyl (C=O) groups excluding carboxylic acids is 2. The summed E-state index contributed by atoms with van der Waals surface area (Å²) in [5.74, 6) is -0.567. The second kappa shape index (κ2) is 8.93. The van der Waals surface area contributed by atoms with E-state index in [-0.39, 0.29) is 17.5 Å². The number of benzene rings is 2. The number of amides is 2. The van der Waals surface area contributed by atoms with Crippen molar-refractivity contribution >= 4 is 23.2 Å². The highest BCUT2D eigenvalue weighted by atomic mass is 16.6. The zero-order valence-electron chi connectivity index (χ0n) is 15.6. The Morgan fingerprint density at radius 2 is 1.81 bits per heavy atom. The summed E-state index contributed by atoms with van der Waals surface area (Å²) in [5, 5.41) is 16.3. The molecule has 0 aliphatic carbocycles. The van der Waals surface area contributed by atoms with Crippen LogP contribution in [0.2, 0.25) is 0 Å². The fourth-order valence-electron chi connectivity index (χ4n) is 2.69. The second-order valence-corrected chi connectivity index (χ2v) is 6.77. The maximum absolute atomic E-state index is 12.7. The molecule has 0 aliphatic heterocycles. The van der Waals surface area contributed by atoms with E-state index in [4.69, 9.17) is 0 Å². The molecule has 7 nitrogen and oxygen atoms in total. The highest BCUT2D eigenvalue weighted by molar-refractivity contribution is 6.01. The Balaban J connectivity index is 2.16. The van der Waals surface area contributed by atoms with E-state index in [0.29, 0.717) is 17.7 Å². The SMILES string of the molecule is Cc1ccccc1C(=O)NC(CC(C)C)C(=O)Nc1cccc([N+](=O)[O-])c1. The van der Waals surface area contributed by atoms with Gasteiger partial charge in [0.05, 0.1) is 4.92 Å². The summed E-state index contributed by atoms with van der Waals surface area (Å²) in [6.45, 7) is 5.73. The molecule has 0 spiro atoms. The van der Waals surface area contributed by atoms with Crippen molar-refractivity contribution in [3.8, 4) is 0 Å². The molecule has 0 aliphatic rings. The number of carbonyl (C=O) groups is 2. The Morgan fingerprint density at radius 3 is 2.44 bits per heavy atom. The Labute approximate surface area is 157 Å². The maximum Gasteiger partial charge on any atom is 0.271 e. The van der Waals surface area contributed by atoms with Crippen molar-refractivity contribution in [1.82, 2.24) is 5.32 Å². The predicted molar refractivity (Wildman–Crippen MR) is 104 cm³/mol. The third kappa shape index (κ3) is 5.64. The normalized spacial score (nSPS) is 11.7. The van der Waals surface area contributed by atoms with Gasteiger partial charge < -0.3 is 10.6 Å².